The Kier molecular flexibility index (Phi) is 3.33. The summed E-state index contributed by atoms with van der Waals surface area (Å²) < 4.78 is 1.63. The van der Waals surface area contributed by atoms with Gasteiger partial charge in [-0.15, -0.1) is 0 Å². The third-order valence-electron chi connectivity index (χ3n) is 4.33. The van der Waals surface area contributed by atoms with E-state index in [1.165, 1.54) is 0 Å². The van der Waals surface area contributed by atoms with Crippen LogP contribution in [0.1, 0.15) is 40.6 Å². The van der Waals surface area contributed by atoms with Gasteiger partial charge in [0, 0.05) is 43.3 Å². The van der Waals surface area contributed by atoms with Crippen molar-refractivity contribution >= 4 is 11.6 Å². The van der Waals surface area contributed by atoms with E-state index in [0.29, 0.717) is 17.8 Å². The van der Waals surface area contributed by atoms with Gasteiger partial charge in [0.1, 0.15) is 11.4 Å². The summed E-state index contributed by atoms with van der Waals surface area (Å²) >= 11 is 0. The Balaban J connectivity index is 1.58. The van der Waals surface area contributed by atoms with Crippen molar-refractivity contribution in [3.05, 3.63) is 47.9 Å². The first-order valence-electron chi connectivity index (χ1n) is 7.81. The van der Waals surface area contributed by atoms with Crippen LogP contribution in [0.4, 0.5) is 0 Å². The Morgan fingerprint density at radius 3 is 3.09 bits per heavy atom. The first-order valence-corrected chi connectivity index (χ1v) is 7.81. The van der Waals surface area contributed by atoms with Crippen molar-refractivity contribution in [2.75, 3.05) is 13.1 Å². The van der Waals surface area contributed by atoms with E-state index in [1.807, 2.05) is 18.0 Å². The molecule has 0 radical (unpaired) electrons. The van der Waals surface area contributed by atoms with Crippen molar-refractivity contribution in [2.45, 2.75) is 25.7 Å². The fourth-order valence-corrected chi connectivity index (χ4v) is 3.17. The molecule has 1 fully saturated rings. The van der Waals surface area contributed by atoms with E-state index in [-0.39, 0.29) is 11.8 Å². The summed E-state index contributed by atoms with van der Waals surface area (Å²) in [5.41, 5.74) is 2.21. The molecule has 1 atom stereocenters. The smallest absolute Gasteiger partial charge is 0.259 e. The molecule has 1 aliphatic heterocycles. The van der Waals surface area contributed by atoms with Crippen LogP contribution in [0.15, 0.2) is 30.9 Å². The predicted octanol–water partition coefficient (Wildman–Crippen LogP) is 1.78. The summed E-state index contributed by atoms with van der Waals surface area (Å²) in [5.74, 6) is 1.22. The van der Waals surface area contributed by atoms with Gasteiger partial charge in [-0.1, -0.05) is 0 Å². The lowest BCUT2D eigenvalue weighted by atomic mass is 9.97. The fourth-order valence-electron chi connectivity index (χ4n) is 3.17. The molecule has 1 N–H and O–H groups in total. The van der Waals surface area contributed by atoms with E-state index in [4.69, 9.17) is 0 Å². The van der Waals surface area contributed by atoms with Crippen LogP contribution in [-0.4, -0.2) is 48.5 Å². The zero-order valence-corrected chi connectivity index (χ0v) is 12.9. The highest BCUT2D eigenvalue weighted by Gasteiger charge is 2.28. The van der Waals surface area contributed by atoms with Crippen LogP contribution in [0.5, 0.6) is 0 Å². The van der Waals surface area contributed by atoms with Crippen LogP contribution in [-0.2, 0) is 0 Å². The standard InChI is InChI=1S/C16H18N6O/c1-11-8-18-14(20-11)12-4-2-6-21(10-12)16(23)13-9-19-22-7-3-5-17-15(13)22/h3,5,7-9,12H,2,4,6,10H2,1H3,(H,18,20)/t12-/m1/s1. The highest BCUT2D eigenvalue weighted by molar-refractivity contribution is 5.99. The number of aromatic nitrogens is 5. The lowest BCUT2D eigenvalue weighted by Gasteiger charge is -2.31. The van der Waals surface area contributed by atoms with E-state index >= 15 is 0 Å². The Bertz CT molecular complexity index is 851. The molecule has 0 aromatic carbocycles. The minimum Gasteiger partial charge on any atom is -0.346 e. The Labute approximate surface area is 133 Å². The number of nitrogens with zero attached hydrogens (tertiary/aromatic N) is 5. The van der Waals surface area contributed by atoms with Gasteiger partial charge in [-0.05, 0) is 25.8 Å². The molecule has 3 aromatic heterocycles. The van der Waals surface area contributed by atoms with Gasteiger partial charge in [-0.3, -0.25) is 4.79 Å². The van der Waals surface area contributed by atoms with Crippen molar-refractivity contribution in [3.63, 3.8) is 0 Å². The second-order valence-corrected chi connectivity index (χ2v) is 5.99. The number of aryl methyl sites for hydroxylation is 1. The van der Waals surface area contributed by atoms with E-state index in [1.54, 1.807) is 29.2 Å². The number of amides is 1. The number of aromatic amines is 1. The first-order chi connectivity index (χ1) is 11.2. The number of fused-ring (bicyclic) bond motifs is 1. The summed E-state index contributed by atoms with van der Waals surface area (Å²) in [7, 11) is 0. The average molecular weight is 310 g/mol. The molecule has 0 aliphatic carbocycles. The quantitative estimate of drug-likeness (QED) is 0.782. The fraction of sp³-hybridized carbons (Fsp3) is 0.375. The van der Waals surface area contributed by atoms with Crippen molar-refractivity contribution < 1.29 is 4.79 Å². The SMILES string of the molecule is Cc1cnc([C@@H]2CCCN(C(=O)c3cnn4cccnc34)C2)[nH]1. The summed E-state index contributed by atoms with van der Waals surface area (Å²) in [6, 6.07) is 1.80. The van der Waals surface area contributed by atoms with Crippen LogP contribution in [0.3, 0.4) is 0 Å². The molecule has 23 heavy (non-hydrogen) atoms. The number of H-pyrrole nitrogens is 1. The van der Waals surface area contributed by atoms with Gasteiger partial charge in [-0.2, -0.15) is 5.10 Å². The molecule has 0 saturated carbocycles. The summed E-state index contributed by atoms with van der Waals surface area (Å²) in [6.45, 7) is 3.43. The van der Waals surface area contributed by atoms with Crippen LogP contribution in [0.25, 0.3) is 5.65 Å². The highest BCUT2D eigenvalue weighted by Crippen LogP contribution is 2.26. The van der Waals surface area contributed by atoms with Crippen molar-refractivity contribution in [1.82, 2.24) is 29.5 Å². The van der Waals surface area contributed by atoms with Gasteiger partial charge >= 0.3 is 0 Å². The van der Waals surface area contributed by atoms with Crippen molar-refractivity contribution in [2.24, 2.45) is 0 Å². The number of rotatable bonds is 2. The highest BCUT2D eigenvalue weighted by atomic mass is 16.2. The lowest BCUT2D eigenvalue weighted by molar-refractivity contribution is 0.0706. The van der Waals surface area contributed by atoms with Crippen LogP contribution < -0.4 is 0 Å². The van der Waals surface area contributed by atoms with E-state index in [9.17, 15) is 4.79 Å². The number of piperidine rings is 1. The van der Waals surface area contributed by atoms with E-state index in [0.717, 1.165) is 30.9 Å². The monoisotopic (exact) mass is 310 g/mol. The third kappa shape index (κ3) is 2.48. The molecule has 1 saturated heterocycles. The molecule has 0 bridgehead atoms. The van der Waals surface area contributed by atoms with Gasteiger partial charge in [0.2, 0.25) is 0 Å². The van der Waals surface area contributed by atoms with Crippen molar-refractivity contribution in [3.8, 4) is 0 Å². The third-order valence-corrected chi connectivity index (χ3v) is 4.33. The number of hydrogen-bond acceptors (Lipinski definition) is 4. The van der Waals surface area contributed by atoms with Crippen molar-refractivity contribution in [1.29, 1.82) is 0 Å². The number of likely N-dealkylation sites (tertiary alicyclic amines) is 1. The lowest BCUT2D eigenvalue weighted by Crippen LogP contribution is -2.39. The number of nitrogens with one attached hydrogen (secondary N) is 1. The van der Waals surface area contributed by atoms with Gasteiger partial charge in [0.05, 0.1) is 6.20 Å². The summed E-state index contributed by atoms with van der Waals surface area (Å²) in [6.07, 6.45) is 8.94. The molecule has 7 heteroatoms. The topological polar surface area (TPSA) is 79.2 Å². The maximum atomic E-state index is 12.9. The van der Waals surface area contributed by atoms with Crippen LogP contribution >= 0.6 is 0 Å². The molecule has 0 spiro atoms. The van der Waals surface area contributed by atoms with Crippen LogP contribution in [0.2, 0.25) is 0 Å². The van der Waals surface area contributed by atoms with E-state index < -0.39 is 0 Å². The number of imidazole rings is 1. The summed E-state index contributed by atoms with van der Waals surface area (Å²) in [5, 5.41) is 4.20. The molecule has 7 nitrogen and oxygen atoms in total. The van der Waals surface area contributed by atoms with Crippen LogP contribution in [0, 0.1) is 6.92 Å². The van der Waals surface area contributed by atoms with Gasteiger partial charge < -0.3 is 9.88 Å². The molecular weight excluding hydrogens is 292 g/mol. The zero-order chi connectivity index (χ0) is 15.8. The molecule has 1 amide bonds. The molecule has 118 valence electrons. The average Bonchev–Trinajstić information content (AvgIpc) is 3.20. The number of hydrogen-bond donors (Lipinski definition) is 1. The Hall–Kier alpha value is -2.70. The normalized spacial score (nSPS) is 18.5. The maximum absolute atomic E-state index is 12.9. The molecule has 0 unspecified atom stereocenters. The number of carbonyl (C=O) groups is 1. The van der Waals surface area contributed by atoms with Gasteiger partial charge in [-0.25, -0.2) is 14.5 Å². The van der Waals surface area contributed by atoms with Gasteiger partial charge in [0.15, 0.2) is 5.65 Å². The largest absolute Gasteiger partial charge is 0.346 e. The molecule has 4 heterocycles. The second kappa shape index (κ2) is 5.49. The minimum absolute atomic E-state index is 0.00771. The van der Waals surface area contributed by atoms with Gasteiger partial charge in [0.25, 0.3) is 5.91 Å². The Morgan fingerprint density at radius 2 is 2.26 bits per heavy atom. The number of carbonyl (C=O) groups excluding carboxylic acids is 1. The first kappa shape index (κ1) is 13.9. The van der Waals surface area contributed by atoms with E-state index in [2.05, 4.69) is 20.1 Å². The molecule has 4 rings (SSSR count). The zero-order valence-electron chi connectivity index (χ0n) is 12.9. The second-order valence-electron chi connectivity index (χ2n) is 5.99. The summed E-state index contributed by atoms with van der Waals surface area (Å²) in [4.78, 5) is 26.7. The molecule has 3 aromatic rings. The molecule has 1 aliphatic rings. The molecular formula is C16H18N6O. The maximum Gasteiger partial charge on any atom is 0.259 e. The minimum atomic E-state index is -0.00771. The predicted molar refractivity (Wildman–Crippen MR) is 84.2 cm³/mol. The Morgan fingerprint density at radius 1 is 1.35 bits per heavy atom.